The molecule has 1 aliphatic carbocycles. The average molecular weight is 494 g/mol. The van der Waals surface area contributed by atoms with Gasteiger partial charge in [0.05, 0.1) is 17.5 Å². The van der Waals surface area contributed by atoms with E-state index in [1.807, 2.05) is 43.3 Å². The molecule has 0 aliphatic heterocycles. The number of pyridine rings is 1. The van der Waals surface area contributed by atoms with E-state index in [1.54, 1.807) is 36.7 Å². The number of rotatable bonds is 8. The van der Waals surface area contributed by atoms with Gasteiger partial charge in [-0.05, 0) is 67.5 Å². The van der Waals surface area contributed by atoms with Gasteiger partial charge in [-0.2, -0.15) is 0 Å². The lowest BCUT2D eigenvalue weighted by Crippen LogP contribution is -2.42. The van der Waals surface area contributed by atoms with Crippen LogP contribution in [-0.2, 0) is 14.8 Å². The van der Waals surface area contributed by atoms with Gasteiger partial charge >= 0.3 is 0 Å². The summed E-state index contributed by atoms with van der Waals surface area (Å²) in [5, 5.41) is 12.6. The first-order valence-electron chi connectivity index (χ1n) is 11.9. The molecule has 1 aliphatic rings. The molecule has 3 N–H and O–H groups in total. The summed E-state index contributed by atoms with van der Waals surface area (Å²) in [7, 11) is -3.66. The highest BCUT2D eigenvalue weighted by Gasteiger charge is 2.30. The van der Waals surface area contributed by atoms with E-state index in [0.29, 0.717) is 25.7 Å². The molecule has 0 spiro atoms. The van der Waals surface area contributed by atoms with Crippen molar-refractivity contribution in [3.8, 4) is 11.1 Å². The molecule has 0 saturated heterocycles. The van der Waals surface area contributed by atoms with Gasteiger partial charge in [-0.25, -0.2) is 13.1 Å². The molecule has 0 radical (unpaired) electrons. The first kappa shape index (κ1) is 25.0. The van der Waals surface area contributed by atoms with Crippen LogP contribution in [0.5, 0.6) is 0 Å². The predicted molar refractivity (Wildman–Crippen MR) is 135 cm³/mol. The maximum absolute atomic E-state index is 12.9. The Balaban J connectivity index is 1.32. The predicted octanol–water partition coefficient (Wildman–Crippen LogP) is 3.74. The van der Waals surface area contributed by atoms with Gasteiger partial charge in [0.2, 0.25) is 15.9 Å². The van der Waals surface area contributed by atoms with Crippen LogP contribution >= 0.6 is 0 Å². The smallest absolute Gasteiger partial charge is 0.240 e. The van der Waals surface area contributed by atoms with Gasteiger partial charge in [-0.3, -0.25) is 9.78 Å². The SMILES string of the molecule is Cc1cncc(-c2ccc(S(=O)(=O)NC3CCC(C(=O)N[C@H](CO)c4ccccc4)CC3)cc2)c1. The molecule has 8 heteroatoms. The van der Waals surface area contributed by atoms with Gasteiger partial charge < -0.3 is 10.4 Å². The van der Waals surface area contributed by atoms with Crippen molar-refractivity contribution < 1.29 is 18.3 Å². The van der Waals surface area contributed by atoms with Crippen molar-refractivity contribution in [1.82, 2.24) is 15.0 Å². The van der Waals surface area contributed by atoms with E-state index in [2.05, 4.69) is 15.0 Å². The molecule has 4 rings (SSSR count). The zero-order valence-electron chi connectivity index (χ0n) is 19.7. The van der Waals surface area contributed by atoms with Gasteiger partial charge in [-0.1, -0.05) is 42.5 Å². The number of aliphatic hydroxyl groups is 1. The normalized spacial score (nSPS) is 19.1. The zero-order chi connectivity index (χ0) is 24.8. The Hall–Kier alpha value is -3.07. The highest BCUT2D eigenvalue weighted by atomic mass is 32.2. The van der Waals surface area contributed by atoms with Crippen LogP contribution in [0.25, 0.3) is 11.1 Å². The van der Waals surface area contributed by atoms with Gasteiger partial charge in [-0.15, -0.1) is 0 Å². The molecular formula is C27H31N3O4S. The molecule has 1 saturated carbocycles. The molecule has 35 heavy (non-hydrogen) atoms. The number of sulfonamides is 1. The fourth-order valence-corrected chi connectivity index (χ4v) is 5.81. The molecule has 0 bridgehead atoms. The van der Waals surface area contributed by atoms with Crippen LogP contribution in [0.3, 0.4) is 0 Å². The summed E-state index contributed by atoms with van der Waals surface area (Å²) in [4.78, 5) is 17.2. The molecule has 1 atom stereocenters. The van der Waals surface area contributed by atoms with Gasteiger partial charge in [0.1, 0.15) is 0 Å². The minimum Gasteiger partial charge on any atom is -0.394 e. The first-order chi connectivity index (χ1) is 16.9. The topological polar surface area (TPSA) is 108 Å². The third kappa shape index (κ3) is 6.33. The van der Waals surface area contributed by atoms with Crippen molar-refractivity contribution >= 4 is 15.9 Å². The van der Waals surface area contributed by atoms with E-state index in [4.69, 9.17) is 0 Å². The molecule has 1 aromatic heterocycles. The summed E-state index contributed by atoms with van der Waals surface area (Å²) >= 11 is 0. The van der Waals surface area contributed by atoms with Crippen molar-refractivity contribution in [3.05, 3.63) is 84.2 Å². The monoisotopic (exact) mass is 493 g/mol. The Kier molecular flexibility index (Phi) is 7.95. The fraction of sp³-hybridized carbons (Fsp3) is 0.333. The van der Waals surface area contributed by atoms with Crippen LogP contribution in [0, 0.1) is 12.8 Å². The van der Waals surface area contributed by atoms with E-state index in [0.717, 1.165) is 22.3 Å². The number of carbonyl (C=O) groups is 1. The van der Waals surface area contributed by atoms with Gasteiger partial charge in [0.15, 0.2) is 0 Å². The number of nitrogens with zero attached hydrogens (tertiary/aromatic N) is 1. The summed E-state index contributed by atoms with van der Waals surface area (Å²) in [5.41, 5.74) is 3.74. The quantitative estimate of drug-likeness (QED) is 0.443. The number of nitrogens with one attached hydrogen (secondary N) is 2. The van der Waals surface area contributed by atoms with E-state index in [-0.39, 0.29) is 29.4 Å². The molecule has 1 heterocycles. The molecule has 0 unspecified atom stereocenters. The number of amides is 1. The van der Waals surface area contributed by atoms with Crippen LogP contribution in [-0.4, -0.2) is 37.1 Å². The first-order valence-corrected chi connectivity index (χ1v) is 13.3. The molecule has 1 fully saturated rings. The maximum Gasteiger partial charge on any atom is 0.240 e. The Labute approximate surface area is 206 Å². The lowest BCUT2D eigenvalue weighted by molar-refractivity contribution is -0.127. The lowest BCUT2D eigenvalue weighted by Gasteiger charge is -2.29. The number of carbonyl (C=O) groups excluding carboxylic acids is 1. The maximum atomic E-state index is 12.9. The van der Waals surface area contributed by atoms with Crippen LogP contribution < -0.4 is 10.0 Å². The van der Waals surface area contributed by atoms with Crippen molar-refractivity contribution in [2.45, 2.75) is 49.6 Å². The Bertz CT molecular complexity index is 1240. The number of aryl methyl sites for hydroxylation is 1. The summed E-state index contributed by atoms with van der Waals surface area (Å²) in [6, 6.07) is 17.5. The zero-order valence-corrected chi connectivity index (χ0v) is 20.5. The van der Waals surface area contributed by atoms with Crippen molar-refractivity contribution in [1.29, 1.82) is 0 Å². The largest absolute Gasteiger partial charge is 0.394 e. The minimum absolute atomic E-state index is 0.101. The summed E-state index contributed by atoms with van der Waals surface area (Å²) in [6.45, 7) is 1.79. The number of aromatic nitrogens is 1. The molecular weight excluding hydrogens is 462 g/mol. The second-order valence-corrected chi connectivity index (χ2v) is 10.8. The second kappa shape index (κ2) is 11.1. The third-order valence-electron chi connectivity index (χ3n) is 6.49. The van der Waals surface area contributed by atoms with Crippen LogP contribution in [0.1, 0.15) is 42.9 Å². The average Bonchev–Trinajstić information content (AvgIpc) is 2.88. The Morgan fingerprint density at radius 2 is 1.69 bits per heavy atom. The van der Waals surface area contributed by atoms with Gasteiger partial charge in [0, 0.05) is 29.9 Å². The highest BCUT2D eigenvalue weighted by molar-refractivity contribution is 7.89. The van der Waals surface area contributed by atoms with Crippen molar-refractivity contribution in [2.75, 3.05) is 6.61 Å². The number of benzene rings is 2. The number of hydrogen-bond acceptors (Lipinski definition) is 5. The molecule has 3 aromatic rings. The van der Waals surface area contributed by atoms with E-state index >= 15 is 0 Å². The lowest BCUT2D eigenvalue weighted by atomic mass is 9.85. The Morgan fingerprint density at radius 3 is 2.31 bits per heavy atom. The second-order valence-electron chi connectivity index (χ2n) is 9.10. The number of hydrogen-bond donors (Lipinski definition) is 3. The number of aliphatic hydroxyl groups excluding tert-OH is 1. The van der Waals surface area contributed by atoms with Crippen LogP contribution in [0.2, 0.25) is 0 Å². The van der Waals surface area contributed by atoms with E-state index < -0.39 is 16.1 Å². The molecule has 7 nitrogen and oxygen atoms in total. The van der Waals surface area contributed by atoms with Crippen molar-refractivity contribution in [2.24, 2.45) is 5.92 Å². The summed E-state index contributed by atoms with van der Waals surface area (Å²) in [5.74, 6) is -0.300. The van der Waals surface area contributed by atoms with Crippen molar-refractivity contribution in [3.63, 3.8) is 0 Å². The van der Waals surface area contributed by atoms with E-state index in [1.165, 1.54) is 0 Å². The standard InChI is InChI=1S/C27H31N3O4S/c1-19-15-23(17-28-16-19)20-9-13-25(14-10-20)35(33,34)30-24-11-7-22(8-12-24)27(32)29-26(18-31)21-5-3-2-4-6-21/h2-6,9-10,13-17,22,24,26,30-31H,7-8,11-12,18H2,1H3,(H,29,32)/t22?,24?,26-/m1/s1. The van der Waals surface area contributed by atoms with Crippen LogP contribution in [0.15, 0.2) is 78.0 Å². The summed E-state index contributed by atoms with van der Waals surface area (Å²) < 4.78 is 28.7. The van der Waals surface area contributed by atoms with E-state index in [9.17, 15) is 18.3 Å². The molecule has 2 aromatic carbocycles. The highest BCUT2D eigenvalue weighted by Crippen LogP contribution is 2.27. The third-order valence-corrected chi connectivity index (χ3v) is 8.03. The van der Waals surface area contributed by atoms with Crippen LogP contribution in [0.4, 0.5) is 0 Å². The van der Waals surface area contributed by atoms with Gasteiger partial charge in [0.25, 0.3) is 0 Å². The molecule has 1 amide bonds. The molecule has 184 valence electrons. The fourth-order valence-electron chi connectivity index (χ4n) is 4.51. The summed E-state index contributed by atoms with van der Waals surface area (Å²) in [6.07, 6.45) is 5.88. The Morgan fingerprint density at radius 1 is 1.00 bits per heavy atom. The minimum atomic E-state index is -3.66.